The van der Waals surface area contributed by atoms with Crippen LogP contribution >= 0.6 is 11.6 Å². The Kier molecular flexibility index (Phi) is 2.79. The maximum Gasteiger partial charge on any atom is 0.134 e. The summed E-state index contributed by atoms with van der Waals surface area (Å²) in [5, 5.41) is 0.381. The Labute approximate surface area is 96.5 Å². The van der Waals surface area contributed by atoms with E-state index < -0.39 is 11.6 Å². The molecule has 2 rings (SSSR count). The number of rotatable bonds is 1. The van der Waals surface area contributed by atoms with Gasteiger partial charge in [-0.3, -0.25) is 0 Å². The molecule has 1 nitrogen and oxygen atoms in total. The van der Waals surface area contributed by atoms with Crippen LogP contribution in [0.1, 0.15) is 0 Å². The predicted octanol–water partition coefficient (Wildman–Crippen LogP) is 3.87. The molecule has 0 spiro atoms. The third-order valence-electron chi connectivity index (χ3n) is 2.25. The Morgan fingerprint density at radius 2 is 1.62 bits per heavy atom. The lowest BCUT2D eigenvalue weighted by Gasteiger charge is -2.08. The summed E-state index contributed by atoms with van der Waals surface area (Å²) in [5.74, 6) is -1.32. The van der Waals surface area contributed by atoms with E-state index in [1.54, 1.807) is 6.07 Å². The lowest BCUT2D eigenvalue weighted by molar-refractivity contribution is 0.590. The zero-order chi connectivity index (χ0) is 11.7. The molecule has 0 aliphatic carbocycles. The van der Waals surface area contributed by atoms with Crippen LogP contribution in [0.15, 0.2) is 36.4 Å². The fraction of sp³-hybridized carbons (Fsp3) is 0. The van der Waals surface area contributed by atoms with Crippen LogP contribution in [0.4, 0.5) is 14.5 Å². The van der Waals surface area contributed by atoms with Crippen molar-refractivity contribution in [2.24, 2.45) is 0 Å². The molecule has 82 valence electrons. The van der Waals surface area contributed by atoms with Gasteiger partial charge in [0, 0.05) is 16.3 Å². The second kappa shape index (κ2) is 4.10. The van der Waals surface area contributed by atoms with E-state index in [0.29, 0.717) is 5.02 Å². The van der Waals surface area contributed by atoms with E-state index >= 15 is 0 Å². The molecule has 0 aliphatic heterocycles. The fourth-order valence-corrected chi connectivity index (χ4v) is 1.67. The zero-order valence-corrected chi connectivity index (χ0v) is 8.93. The molecule has 0 atom stereocenters. The van der Waals surface area contributed by atoms with Gasteiger partial charge in [0.2, 0.25) is 0 Å². The van der Waals surface area contributed by atoms with E-state index in [4.69, 9.17) is 17.3 Å². The Balaban J connectivity index is 2.72. The zero-order valence-electron chi connectivity index (χ0n) is 8.18. The summed E-state index contributed by atoms with van der Waals surface area (Å²) < 4.78 is 27.0. The van der Waals surface area contributed by atoms with Gasteiger partial charge < -0.3 is 5.73 Å². The summed E-state index contributed by atoms with van der Waals surface area (Å²) in [6.07, 6.45) is 0. The molecule has 4 heteroatoms. The van der Waals surface area contributed by atoms with Crippen molar-refractivity contribution in [3.63, 3.8) is 0 Å². The lowest BCUT2D eigenvalue weighted by Crippen LogP contribution is -1.95. The Morgan fingerprint density at radius 3 is 2.25 bits per heavy atom. The first kappa shape index (κ1) is 10.9. The summed E-state index contributed by atoms with van der Waals surface area (Å²) >= 11 is 5.77. The number of halogens is 3. The van der Waals surface area contributed by atoms with Crippen LogP contribution in [0, 0.1) is 11.6 Å². The summed E-state index contributed by atoms with van der Waals surface area (Å²) in [5.41, 5.74) is 6.07. The average Bonchev–Trinajstić information content (AvgIpc) is 2.23. The molecule has 16 heavy (non-hydrogen) atoms. The largest absolute Gasteiger partial charge is 0.398 e. The molecule has 2 aromatic carbocycles. The number of nitrogen functional groups attached to an aromatic ring is 1. The minimum absolute atomic E-state index is 0.150. The van der Waals surface area contributed by atoms with Crippen LogP contribution < -0.4 is 5.73 Å². The van der Waals surface area contributed by atoms with Gasteiger partial charge in [-0.05, 0) is 30.3 Å². The van der Waals surface area contributed by atoms with E-state index in [1.165, 1.54) is 30.3 Å². The van der Waals surface area contributed by atoms with Gasteiger partial charge in [0.15, 0.2) is 0 Å². The van der Waals surface area contributed by atoms with Gasteiger partial charge >= 0.3 is 0 Å². The Hall–Kier alpha value is -1.61. The highest BCUT2D eigenvalue weighted by Crippen LogP contribution is 2.32. The van der Waals surface area contributed by atoms with E-state index in [1.807, 2.05) is 0 Å². The second-order valence-electron chi connectivity index (χ2n) is 3.33. The normalized spacial score (nSPS) is 10.4. The first-order valence-electron chi connectivity index (χ1n) is 4.59. The molecule has 0 unspecified atom stereocenters. The molecule has 0 saturated heterocycles. The summed E-state index contributed by atoms with van der Waals surface area (Å²) in [7, 11) is 0. The number of benzene rings is 2. The van der Waals surface area contributed by atoms with E-state index in [-0.39, 0.29) is 16.8 Å². The van der Waals surface area contributed by atoms with Crippen molar-refractivity contribution in [1.82, 2.24) is 0 Å². The standard InChI is InChI=1S/C12H8ClF2N/c13-7-4-5-11(16)8(6-7)12-9(14)2-1-3-10(12)15/h1-6H,16H2. The van der Waals surface area contributed by atoms with Gasteiger partial charge in [-0.25, -0.2) is 8.78 Å². The van der Waals surface area contributed by atoms with Crippen LogP contribution in [-0.2, 0) is 0 Å². The van der Waals surface area contributed by atoms with Crippen LogP contribution in [0.5, 0.6) is 0 Å². The molecular formula is C12H8ClF2N. The predicted molar refractivity (Wildman–Crippen MR) is 61.2 cm³/mol. The van der Waals surface area contributed by atoms with Crippen LogP contribution in [0.3, 0.4) is 0 Å². The van der Waals surface area contributed by atoms with Crippen LogP contribution in [0.25, 0.3) is 11.1 Å². The second-order valence-corrected chi connectivity index (χ2v) is 3.76. The minimum atomic E-state index is -0.658. The molecule has 0 aliphatic rings. The van der Waals surface area contributed by atoms with Crippen molar-refractivity contribution in [3.05, 3.63) is 53.1 Å². The number of hydrogen-bond donors (Lipinski definition) is 1. The van der Waals surface area contributed by atoms with Gasteiger partial charge in [-0.2, -0.15) is 0 Å². The molecule has 2 N–H and O–H groups in total. The minimum Gasteiger partial charge on any atom is -0.398 e. The van der Waals surface area contributed by atoms with Crippen molar-refractivity contribution in [1.29, 1.82) is 0 Å². The van der Waals surface area contributed by atoms with Crippen molar-refractivity contribution in [2.45, 2.75) is 0 Å². The monoisotopic (exact) mass is 239 g/mol. The van der Waals surface area contributed by atoms with Crippen molar-refractivity contribution in [2.75, 3.05) is 5.73 Å². The maximum atomic E-state index is 13.5. The summed E-state index contributed by atoms with van der Waals surface area (Å²) in [6, 6.07) is 8.19. The third kappa shape index (κ3) is 1.86. The van der Waals surface area contributed by atoms with Gasteiger partial charge in [0.05, 0.1) is 5.56 Å². The molecule has 0 radical (unpaired) electrons. The van der Waals surface area contributed by atoms with Crippen LogP contribution in [0.2, 0.25) is 5.02 Å². The van der Waals surface area contributed by atoms with Crippen LogP contribution in [-0.4, -0.2) is 0 Å². The number of hydrogen-bond acceptors (Lipinski definition) is 1. The third-order valence-corrected chi connectivity index (χ3v) is 2.48. The first-order chi connectivity index (χ1) is 7.59. The molecule has 0 heterocycles. The maximum absolute atomic E-state index is 13.5. The highest BCUT2D eigenvalue weighted by atomic mass is 35.5. The summed E-state index contributed by atoms with van der Waals surface area (Å²) in [4.78, 5) is 0. The quantitative estimate of drug-likeness (QED) is 0.751. The Morgan fingerprint density at radius 1 is 1.00 bits per heavy atom. The Bertz CT molecular complexity index is 520. The number of nitrogens with two attached hydrogens (primary N) is 1. The fourth-order valence-electron chi connectivity index (χ4n) is 1.50. The average molecular weight is 240 g/mol. The molecule has 0 fully saturated rings. The molecule has 0 amide bonds. The highest BCUT2D eigenvalue weighted by Gasteiger charge is 2.13. The topological polar surface area (TPSA) is 26.0 Å². The van der Waals surface area contributed by atoms with Crippen molar-refractivity contribution < 1.29 is 8.78 Å². The molecule has 0 bridgehead atoms. The molecular weight excluding hydrogens is 232 g/mol. The van der Waals surface area contributed by atoms with E-state index in [0.717, 1.165) is 0 Å². The van der Waals surface area contributed by atoms with Gasteiger partial charge in [-0.15, -0.1) is 0 Å². The van der Waals surface area contributed by atoms with E-state index in [9.17, 15) is 8.78 Å². The SMILES string of the molecule is Nc1ccc(Cl)cc1-c1c(F)cccc1F. The number of anilines is 1. The summed E-state index contributed by atoms with van der Waals surface area (Å²) in [6.45, 7) is 0. The van der Waals surface area contributed by atoms with Gasteiger partial charge in [-0.1, -0.05) is 17.7 Å². The van der Waals surface area contributed by atoms with Gasteiger partial charge in [0.25, 0.3) is 0 Å². The molecule has 0 aromatic heterocycles. The first-order valence-corrected chi connectivity index (χ1v) is 4.97. The highest BCUT2D eigenvalue weighted by molar-refractivity contribution is 6.31. The van der Waals surface area contributed by atoms with Crippen molar-refractivity contribution in [3.8, 4) is 11.1 Å². The van der Waals surface area contributed by atoms with Gasteiger partial charge in [0.1, 0.15) is 11.6 Å². The smallest absolute Gasteiger partial charge is 0.134 e. The van der Waals surface area contributed by atoms with Crippen molar-refractivity contribution >= 4 is 17.3 Å². The molecule has 0 saturated carbocycles. The van der Waals surface area contributed by atoms with E-state index in [2.05, 4.69) is 0 Å². The molecule has 2 aromatic rings. The lowest BCUT2D eigenvalue weighted by atomic mass is 10.0.